The molecular formula is C22H28O7. The van der Waals surface area contributed by atoms with Gasteiger partial charge in [-0.25, -0.2) is 0 Å². The van der Waals surface area contributed by atoms with Gasteiger partial charge in [-0.05, 0) is 44.6 Å². The summed E-state index contributed by atoms with van der Waals surface area (Å²) in [5, 5.41) is 11.5. The van der Waals surface area contributed by atoms with Gasteiger partial charge < -0.3 is 19.3 Å². The highest BCUT2D eigenvalue weighted by Crippen LogP contribution is 2.78. The molecule has 1 heterocycles. The van der Waals surface area contributed by atoms with E-state index in [1.165, 1.54) is 14.0 Å². The van der Waals surface area contributed by atoms with Gasteiger partial charge in [0.2, 0.25) is 0 Å². The van der Waals surface area contributed by atoms with Gasteiger partial charge in [0.05, 0.1) is 24.5 Å². The Bertz CT molecular complexity index is 850. The number of fused-ring (bicyclic) bond motifs is 1. The van der Waals surface area contributed by atoms with Crippen LogP contribution in [-0.2, 0) is 28.6 Å². The molecule has 4 saturated carbocycles. The molecule has 29 heavy (non-hydrogen) atoms. The number of carbonyl (C=O) groups excluding carboxylic acids is 3. The molecule has 1 N–H and O–H groups in total. The number of esters is 3. The van der Waals surface area contributed by atoms with Gasteiger partial charge in [-0.15, -0.1) is 0 Å². The largest absolute Gasteiger partial charge is 0.469 e. The SMILES string of the molecule is C=C1[C@H](O)[C@]23C[C@@]1(OC(C)=O)CC[C@H]2[C@@]12CCC[C@](C)(C(=O)O1)[C@H]2[C@@H]3C(=O)OC. The second-order valence-electron chi connectivity index (χ2n) is 9.99. The first-order chi connectivity index (χ1) is 13.6. The number of aliphatic hydroxyl groups is 1. The fraction of sp³-hybridized carbons (Fsp3) is 0.773. The Kier molecular flexibility index (Phi) is 3.57. The molecule has 5 fully saturated rings. The van der Waals surface area contributed by atoms with Crippen LogP contribution in [0.15, 0.2) is 12.2 Å². The first-order valence-electron chi connectivity index (χ1n) is 10.5. The number of hydrogen-bond donors (Lipinski definition) is 1. The van der Waals surface area contributed by atoms with Crippen molar-refractivity contribution in [2.45, 2.75) is 69.7 Å². The number of carbonyl (C=O) groups is 3. The summed E-state index contributed by atoms with van der Waals surface area (Å²) in [6.45, 7) is 7.34. The molecule has 5 rings (SSSR count). The van der Waals surface area contributed by atoms with Crippen LogP contribution >= 0.6 is 0 Å². The zero-order valence-corrected chi connectivity index (χ0v) is 17.2. The van der Waals surface area contributed by atoms with E-state index in [1.54, 1.807) is 0 Å². The zero-order chi connectivity index (χ0) is 21.0. The van der Waals surface area contributed by atoms with E-state index in [1.807, 2.05) is 6.92 Å². The van der Waals surface area contributed by atoms with Crippen LogP contribution in [0.3, 0.4) is 0 Å². The van der Waals surface area contributed by atoms with Gasteiger partial charge in [-0.2, -0.15) is 0 Å². The second kappa shape index (κ2) is 5.42. The molecular weight excluding hydrogens is 376 g/mol. The highest BCUT2D eigenvalue weighted by molar-refractivity contribution is 5.85. The van der Waals surface area contributed by atoms with Crippen molar-refractivity contribution < 1.29 is 33.7 Å². The Morgan fingerprint density at radius 3 is 2.66 bits per heavy atom. The minimum atomic E-state index is -1.03. The maximum absolute atomic E-state index is 13.2. The molecule has 5 aliphatic rings. The monoisotopic (exact) mass is 404 g/mol. The van der Waals surface area contributed by atoms with Crippen LogP contribution in [0, 0.1) is 28.6 Å². The predicted molar refractivity (Wildman–Crippen MR) is 99.2 cm³/mol. The fourth-order valence-corrected chi connectivity index (χ4v) is 8.23. The van der Waals surface area contributed by atoms with Crippen molar-refractivity contribution in [3.05, 3.63) is 12.2 Å². The molecule has 158 valence electrons. The fourth-order valence-electron chi connectivity index (χ4n) is 8.23. The lowest BCUT2D eigenvalue weighted by molar-refractivity contribution is -0.173. The van der Waals surface area contributed by atoms with Crippen LogP contribution < -0.4 is 0 Å². The average Bonchev–Trinajstić information content (AvgIpc) is 3.05. The Labute approximate surface area is 169 Å². The highest BCUT2D eigenvalue weighted by Gasteiger charge is 2.85. The minimum Gasteiger partial charge on any atom is -0.469 e. The lowest BCUT2D eigenvalue weighted by atomic mass is 9.60. The Balaban J connectivity index is 1.73. The third-order valence-corrected chi connectivity index (χ3v) is 9.02. The molecule has 4 aliphatic carbocycles. The molecule has 4 bridgehead atoms. The molecule has 7 nitrogen and oxygen atoms in total. The summed E-state index contributed by atoms with van der Waals surface area (Å²) >= 11 is 0. The Hall–Kier alpha value is -1.89. The van der Waals surface area contributed by atoms with E-state index in [4.69, 9.17) is 14.2 Å². The third kappa shape index (κ3) is 1.87. The van der Waals surface area contributed by atoms with Gasteiger partial charge in [0.15, 0.2) is 0 Å². The maximum Gasteiger partial charge on any atom is 0.312 e. The summed E-state index contributed by atoms with van der Waals surface area (Å²) in [6.07, 6.45) is 2.56. The average molecular weight is 404 g/mol. The zero-order valence-electron chi connectivity index (χ0n) is 17.2. The molecule has 8 atom stereocenters. The third-order valence-electron chi connectivity index (χ3n) is 9.02. The normalized spacial score (nSPS) is 51.9. The van der Waals surface area contributed by atoms with Crippen molar-refractivity contribution in [3.63, 3.8) is 0 Å². The molecule has 0 radical (unpaired) electrons. The maximum atomic E-state index is 13.2. The molecule has 0 aromatic rings. The van der Waals surface area contributed by atoms with Crippen molar-refractivity contribution >= 4 is 17.9 Å². The lowest BCUT2D eigenvalue weighted by Gasteiger charge is -2.46. The van der Waals surface area contributed by atoms with Gasteiger partial charge in [0.1, 0.15) is 11.2 Å². The second-order valence-corrected chi connectivity index (χ2v) is 9.99. The van der Waals surface area contributed by atoms with Crippen molar-refractivity contribution in [1.29, 1.82) is 0 Å². The summed E-state index contributed by atoms with van der Waals surface area (Å²) in [5.41, 5.74) is -3.00. The molecule has 0 unspecified atom stereocenters. The smallest absolute Gasteiger partial charge is 0.312 e. The van der Waals surface area contributed by atoms with E-state index >= 15 is 0 Å². The minimum absolute atomic E-state index is 0.201. The number of rotatable bonds is 2. The van der Waals surface area contributed by atoms with Crippen LogP contribution in [0.25, 0.3) is 0 Å². The van der Waals surface area contributed by atoms with E-state index in [0.29, 0.717) is 37.7 Å². The van der Waals surface area contributed by atoms with E-state index in [9.17, 15) is 19.5 Å². The number of methoxy groups -OCH3 is 1. The molecule has 7 heteroatoms. The Morgan fingerprint density at radius 2 is 2.00 bits per heavy atom. The van der Waals surface area contributed by atoms with Crippen LogP contribution in [0.4, 0.5) is 0 Å². The number of ether oxygens (including phenoxy) is 3. The molecule has 0 aromatic carbocycles. The predicted octanol–water partition coefficient (Wildman–Crippen LogP) is 1.91. The van der Waals surface area contributed by atoms with Crippen LogP contribution in [0.5, 0.6) is 0 Å². The Morgan fingerprint density at radius 1 is 1.28 bits per heavy atom. The van der Waals surface area contributed by atoms with Crippen molar-refractivity contribution in [1.82, 2.24) is 0 Å². The van der Waals surface area contributed by atoms with Gasteiger partial charge in [-0.1, -0.05) is 6.58 Å². The molecule has 1 saturated heterocycles. The van der Waals surface area contributed by atoms with Crippen LogP contribution in [-0.4, -0.2) is 47.4 Å². The quantitative estimate of drug-likeness (QED) is 0.426. The summed E-state index contributed by atoms with van der Waals surface area (Å²) < 4.78 is 17.1. The molecule has 0 amide bonds. The standard InChI is InChI=1S/C22H28O7/c1-11-16(24)21-10-20(11,28-12(2)23)9-6-13(21)22-8-5-7-19(3,18(26)29-22)15(22)14(21)17(25)27-4/h13-16,24H,1,5-10H2,2-4H3/t13-,14-,15-,16+,19+,20+,21-,22-/m1/s1. The lowest BCUT2D eigenvalue weighted by Crippen LogP contribution is -2.51. The summed E-state index contributed by atoms with van der Waals surface area (Å²) in [7, 11) is 1.34. The van der Waals surface area contributed by atoms with Crippen molar-refractivity contribution in [3.8, 4) is 0 Å². The first kappa shape index (κ1) is 19.1. The van der Waals surface area contributed by atoms with Crippen LogP contribution in [0.2, 0.25) is 0 Å². The van der Waals surface area contributed by atoms with Gasteiger partial charge >= 0.3 is 17.9 Å². The topological polar surface area (TPSA) is 99.1 Å². The van der Waals surface area contributed by atoms with E-state index in [2.05, 4.69) is 6.58 Å². The first-order valence-corrected chi connectivity index (χ1v) is 10.5. The number of hydrogen-bond acceptors (Lipinski definition) is 7. The van der Waals surface area contributed by atoms with Gasteiger partial charge in [0, 0.05) is 30.6 Å². The van der Waals surface area contributed by atoms with E-state index in [0.717, 1.165) is 6.42 Å². The van der Waals surface area contributed by atoms with E-state index < -0.39 is 46.0 Å². The van der Waals surface area contributed by atoms with Gasteiger partial charge in [-0.3, -0.25) is 14.4 Å². The van der Waals surface area contributed by atoms with Gasteiger partial charge in [0.25, 0.3) is 0 Å². The van der Waals surface area contributed by atoms with Crippen molar-refractivity contribution in [2.24, 2.45) is 28.6 Å². The summed E-state index contributed by atoms with van der Waals surface area (Å²) in [6, 6.07) is 0. The molecule has 1 aliphatic heterocycles. The van der Waals surface area contributed by atoms with Crippen molar-refractivity contribution in [2.75, 3.05) is 7.11 Å². The molecule has 0 aromatic heterocycles. The van der Waals surface area contributed by atoms with E-state index in [-0.39, 0.29) is 17.8 Å². The highest BCUT2D eigenvalue weighted by atomic mass is 16.6. The molecule has 1 spiro atoms. The summed E-state index contributed by atoms with van der Waals surface area (Å²) in [5.74, 6) is -2.38. The summed E-state index contributed by atoms with van der Waals surface area (Å²) in [4.78, 5) is 38.0. The number of aliphatic hydroxyl groups excluding tert-OH is 1. The van der Waals surface area contributed by atoms with Crippen LogP contribution in [0.1, 0.15) is 52.4 Å².